The Balaban J connectivity index is 1.55. The highest BCUT2D eigenvalue weighted by Crippen LogP contribution is 2.30. The number of nitrogens with zero attached hydrogens (tertiary/aromatic N) is 1. The molecule has 1 fully saturated rings. The summed E-state index contributed by atoms with van der Waals surface area (Å²) in [7, 11) is 3.06. The number of carbonyl (C=O) groups excluding carboxylic acids is 1. The van der Waals surface area contributed by atoms with E-state index in [9.17, 15) is 4.79 Å². The zero-order chi connectivity index (χ0) is 24.6. The van der Waals surface area contributed by atoms with Crippen molar-refractivity contribution in [2.24, 2.45) is 5.10 Å². The molecule has 0 spiro atoms. The Labute approximate surface area is 210 Å². The minimum atomic E-state index is -0.515. The highest BCUT2D eigenvalue weighted by Gasteiger charge is 2.16. The van der Waals surface area contributed by atoms with Crippen LogP contribution in [-0.4, -0.2) is 37.6 Å². The SMILES string of the molecule is COc1ccc(C(=O)Oc2ccc3ccccc3c2/C=N/NC(=S)NC2CCCCC2)cc1OC. The number of nitrogens with one attached hydrogen (secondary N) is 2. The summed E-state index contributed by atoms with van der Waals surface area (Å²) in [6, 6.07) is 16.8. The number of benzene rings is 3. The molecule has 182 valence electrons. The summed E-state index contributed by atoms with van der Waals surface area (Å²) < 4.78 is 16.3. The molecule has 1 aliphatic rings. The van der Waals surface area contributed by atoms with Gasteiger partial charge in [-0.05, 0) is 60.1 Å². The molecule has 3 aromatic rings. The molecule has 3 aromatic carbocycles. The van der Waals surface area contributed by atoms with E-state index >= 15 is 0 Å². The van der Waals surface area contributed by atoms with Gasteiger partial charge in [-0.15, -0.1) is 0 Å². The van der Waals surface area contributed by atoms with Crippen LogP contribution in [0.25, 0.3) is 10.8 Å². The first-order valence-electron chi connectivity index (χ1n) is 11.6. The number of hydrogen-bond acceptors (Lipinski definition) is 6. The Kier molecular flexibility index (Phi) is 8.15. The fraction of sp³-hybridized carbons (Fsp3) is 0.296. The summed E-state index contributed by atoms with van der Waals surface area (Å²) >= 11 is 5.41. The molecule has 0 radical (unpaired) electrons. The zero-order valence-corrected chi connectivity index (χ0v) is 20.7. The van der Waals surface area contributed by atoms with Crippen molar-refractivity contribution in [3.05, 3.63) is 65.7 Å². The van der Waals surface area contributed by atoms with E-state index in [0.717, 1.165) is 23.6 Å². The first-order chi connectivity index (χ1) is 17.1. The number of ether oxygens (including phenoxy) is 3. The lowest BCUT2D eigenvalue weighted by atomic mass is 9.96. The smallest absolute Gasteiger partial charge is 0.343 e. The van der Waals surface area contributed by atoms with Crippen molar-refractivity contribution < 1.29 is 19.0 Å². The van der Waals surface area contributed by atoms with Crippen LogP contribution in [0.1, 0.15) is 48.0 Å². The van der Waals surface area contributed by atoms with E-state index in [1.807, 2.05) is 30.3 Å². The number of rotatable bonds is 7. The van der Waals surface area contributed by atoms with Crippen LogP contribution in [0.2, 0.25) is 0 Å². The zero-order valence-electron chi connectivity index (χ0n) is 19.9. The predicted molar refractivity (Wildman–Crippen MR) is 142 cm³/mol. The molecule has 0 aliphatic heterocycles. The molecule has 1 saturated carbocycles. The Morgan fingerprint density at radius 2 is 1.71 bits per heavy atom. The molecule has 2 N–H and O–H groups in total. The third kappa shape index (κ3) is 6.08. The van der Waals surface area contributed by atoms with Gasteiger partial charge in [0.1, 0.15) is 5.75 Å². The van der Waals surface area contributed by atoms with Gasteiger partial charge < -0.3 is 19.5 Å². The molecular weight excluding hydrogens is 462 g/mol. The summed E-state index contributed by atoms with van der Waals surface area (Å²) in [6.07, 6.45) is 7.58. The van der Waals surface area contributed by atoms with Gasteiger partial charge >= 0.3 is 5.97 Å². The van der Waals surface area contributed by atoms with Gasteiger partial charge in [0, 0.05) is 11.6 Å². The average Bonchev–Trinajstić information content (AvgIpc) is 2.89. The molecule has 0 amide bonds. The Hall–Kier alpha value is -3.65. The second-order valence-corrected chi connectivity index (χ2v) is 8.74. The van der Waals surface area contributed by atoms with Crippen LogP contribution >= 0.6 is 12.2 Å². The molecule has 1 aliphatic carbocycles. The largest absolute Gasteiger partial charge is 0.493 e. The minimum Gasteiger partial charge on any atom is -0.493 e. The van der Waals surface area contributed by atoms with Gasteiger partial charge in [0.25, 0.3) is 0 Å². The number of hydrogen-bond donors (Lipinski definition) is 2. The van der Waals surface area contributed by atoms with Crippen LogP contribution in [-0.2, 0) is 0 Å². The van der Waals surface area contributed by atoms with Gasteiger partial charge in [-0.25, -0.2) is 4.79 Å². The molecule has 0 heterocycles. The third-order valence-corrected chi connectivity index (χ3v) is 6.26. The van der Waals surface area contributed by atoms with Gasteiger partial charge in [-0.2, -0.15) is 5.10 Å². The summed E-state index contributed by atoms with van der Waals surface area (Å²) in [6.45, 7) is 0. The van der Waals surface area contributed by atoms with Crippen molar-refractivity contribution >= 4 is 40.3 Å². The van der Waals surface area contributed by atoms with Crippen molar-refractivity contribution in [1.29, 1.82) is 0 Å². The molecule has 8 heteroatoms. The van der Waals surface area contributed by atoms with Crippen LogP contribution in [0, 0.1) is 0 Å². The van der Waals surface area contributed by atoms with Gasteiger partial charge in [-0.1, -0.05) is 49.6 Å². The highest BCUT2D eigenvalue weighted by molar-refractivity contribution is 7.80. The fourth-order valence-corrected chi connectivity index (χ4v) is 4.46. The number of esters is 1. The van der Waals surface area contributed by atoms with Crippen molar-refractivity contribution in [3.63, 3.8) is 0 Å². The van der Waals surface area contributed by atoms with Gasteiger partial charge in [0.05, 0.1) is 26.0 Å². The van der Waals surface area contributed by atoms with E-state index in [1.165, 1.54) is 26.4 Å². The number of thiocarbonyl (C=S) groups is 1. The Morgan fingerprint density at radius 3 is 2.49 bits per heavy atom. The average molecular weight is 492 g/mol. The maximum Gasteiger partial charge on any atom is 0.343 e. The molecule has 0 atom stereocenters. The predicted octanol–water partition coefficient (Wildman–Crippen LogP) is 5.21. The van der Waals surface area contributed by atoms with Crippen molar-refractivity contribution in [1.82, 2.24) is 10.7 Å². The molecule has 0 bridgehead atoms. The van der Waals surface area contributed by atoms with E-state index in [-0.39, 0.29) is 0 Å². The molecule has 35 heavy (non-hydrogen) atoms. The number of carbonyl (C=O) groups is 1. The lowest BCUT2D eigenvalue weighted by molar-refractivity contribution is 0.0734. The van der Waals surface area contributed by atoms with Gasteiger partial charge in [-0.3, -0.25) is 5.43 Å². The lowest BCUT2D eigenvalue weighted by Crippen LogP contribution is -2.40. The number of fused-ring (bicyclic) bond motifs is 1. The fourth-order valence-electron chi connectivity index (χ4n) is 4.24. The summed E-state index contributed by atoms with van der Waals surface area (Å²) in [5.41, 5.74) is 3.92. The standard InChI is InChI=1S/C27H29N3O4S/c1-32-24-15-13-19(16-25(24)33-2)26(31)34-23-14-12-18-8-6-7-11-21(18)22(23)17-28-30-27(35)29-20-9-4-3-5-10-20/h6-8,11-17,20H,3-5,9-10H2,1-2H3,(H2,29,30,35)/b28-17+. The normalized spacial score (nSPS) is 14.0. The van der Waals surface area contributed by atoms with Crippen LogP contribution in [0.4, 0.5) is 0 Å². The first kappa shape index (κ1) is 24.5. The van der Waals surface area contributed by atoms with Crippen LogP contribution in [0.3, 0.4) is 0 Å². The van der Waals surface area contributed by atoms with Crippen molar-refractivity contribution in [2.45, 2.75) is 38.1 Å². The van der Waals surface area contributed by atoms with E-state index in [1.54, 1.807) is 37.6 Å². The second-order valence-electron chi connectivity index (χ2n) is 8.34. The molecular formula is C27H29N3O4S. The summed E-state index contributed by atoms with van der Waals surface area (Å²) in [4.78, 5) is 13.0. The molecule has 0 saturated heterocycles. The van der Waals surface area contributed by atoms with Crippen LogP contribution < -0.4 is 25.0 Å². The quantitative estimate of drug-likeness (QED) is 0.154. The Bertz CT molecular complexity index is 1240. The lowest BCUT2D eigenvalue weighted by Gasteiger charge is -2.23. The summed E-state index contributed by atoms with van der Waals surface area (Å²) in [5.74, 6) is 0.857. The maximum absolute atomic E-state index is 13.0. The van der Waals surface area contributed by atoms with E-state index in [0.29, 0.717) is 39.5 Å². The minimum absolute atomic E-state index is 0.342. The van der Waals surface area contributed by atoms with Crippen LogP contribution in [0.5, 0.6) is 17.2 Å². The van der Waals surface area contributed by atoms with Gasteiger partial charge in [0.2, 0.25) is 0 Å². The van der Waals surface area contributed by atoms with E-state index in [2.05, 4.69) is 15.8 Å². The highest BCUT2D eigenvalue weighted by atomic mass is 32.1. The monoisotopic (exact) mass is 491 g/mol. The molecule has 7 nitrogen and oxygen atoms in total. The molecule has 4 rings (SSSR count). The Morgan fingerprint density at radius 1 is 0.971 bits per heavy atom. The van der Waals surface area contributed by atoms with E-state index < -0.39 is 5.97 Å². The number of methoxy groups -OCH3 is 2. The van der Waals surface area contributed by atoms with Crippen LogP contribution in [0.15, 0.2) is 59.7 Å². The number of hydrazone groups is 1. The van der Waals surface area contributed by atoms with Crippen molar-refractivity contribution in [2.75, 3.05) is 14.2 Å². The third-order valence-electron chi connectivity index (χ3n) is 6.05. The van der Waals surface area contributed by atoms with Crippen molar-refractivity contribution in [3.8, 4) is 17.2 Å². The maximum atomic E-state index is 13.0. The van der Waals surface area contributed by atoms with E-state index in [4.69, 9.17) is 26.4 Å². The first-order valence-corrected chi connectivity index (χ1v) is 12.1. The molecule has 0 unspecified atom stereocenters. The topological polar surface area (TPSA) is 81.2 Å². The summed E-state index contributed by atoms with van der Waals surface area (Å²) in [5, 5.41) is 10.1. The molecule has 0 aromatic heterocycles. The second kappa shape index (κ2) is 11.7. The van der Waals surface area contributed by atoms with Gasteiger partial charge in [0.15, 0.2) is 16.6 Å².